The number of ether oxygens (including phenoxy) is 2. The molecule has 1 atom stereocenters. The lowest BCUT2D eigenvalue weighted by molar-refractivity contribution is -0.0226. The molecule has 0 bridgehead atoms. The van der Waals surface area contributed by atoms with Crippen molar-refractivity contribution in [2.24, 2.45) is 5.73 Å². The number of nitrogens with zero attached hydrogens (tertiary/aromatic N) is 1. The Hall–Kier alpha value is -0.810. The Labute approximate surface area is 126 Å². The molecule has 0 spiro atoms. The van der Waals surface area contributed by atoms with Gasteiger partial charge in [-0.05, 0) is 23.6 Å². The Balaban J connectivity index is 0.00000147. The van der Waals surface area contributed by atoms with Crippen molar-refractivity contribution in [2.75, 3.05) is 39.4 Å². The number of nitrogens with two attached hydrogens (primary N) is 1. The van der Waals surface area contributed by atoms with Gasteiger partial charge in [0.1, 0.15) is 5.75 Å². The van der Waals surface area contributed by atoms with E-state index in [1.165, 1.54) is 11.1 Å². The van der Waals surface area contributed by atoms with Crippen LogP contribution in [-0.4, -0.2) is 50.4 Å². The van der Waals surface area contributed by atoms with E-state index in [0.29, 0.717) is 6.54 Å². The van der Waals surface area contributed by atoms with E-state index in [-0.39, 0.29) is 18.5 Å². The van der Waals surface area contributed by atoms with E-state index in [0.717, 1.165) is 51.4 Å². The van der Waals surface area contributed by atoms with Crippen LogP contribution in [0.25, 0.3) is 0 Å². The zero-order chi connectivity index (χ0) is 13.1. The van der Waals surface area contributed by atoms with E-state index in [9.17, 15) is 0 Å². The van der Waals surface area contributed by atoms with Gasteiger partial charge < -0.3 is 15.2 Å². The number of hydrogen-bond donors (Lipinski definition) is 1. The second-order valence-electron chi connectivity index (χ2n) is 5.32. The molecule has 4 nitrogen and oxygen atoms in total. The van der Waals surface area contributed by atoms with Gasteiger partial charge in [0, 0.05) is 32.6 Å². The first-order valence-corrected chi connectivity index (χ1v) is 7.14. The van der Waals surface area contributed by atoms with E-state index in [2.05, 4.69) is 23.1 Å². The van der Waals surface area contributed by atoms with Gasteiger partial charge in [-0.15, -0.1) is 12.4 Å². The zero-order valence-electron chi connectivity index (χ0n) is 11.7. The fourth-order valence-electron chi connectivity index (χ4n) is 2.81. The zero-order valence-corrected chi connectivity index (χ0v) is 12.5. The highest BCUT2D eigenvalue weighted by Gasteiger charge is 2.19. The molecular weight excluding hydrogens is 276 g/mol. The molecule has 20 heavy (non-hydrogen) atoms. The number of morpholine rings is 1. The summed E-state index contributed by atoms with van der Waals surface area (Å²) in [6.07, 6.45) is 2.35. The molecule has 0 aliphatic carbocycles. The van der Waals surface area contributed by atoms with E-state index in [4.69, 9.17) is 15.2 Å². The van der Waals surface area contributed by atoms with Crippen molar-refractivity contribution in [2.45, 2.75) is 18.9 Å². The third-order valence-electron chi connectivity index (χ3n) is 3.96. The van der Waals surface area contributed by atoms with Crippen LogP contribution >= 0.6 is 12.4 Å². The summed E-state index contributed by atoms with van der Waals surface area (Å²) in [5, 5.41) is 0. The molecule has 2 N–H and O–H groups in total. The summed E-state index contributed by atoms with van der Waals surface area (Å²) in [5.74, 6) is 1.07. The molecule has 1 aromatic carbocycles. The average Bonchev–Trinajstić information content (AvgIpc) is 2.93. The Morgan fingerprint density at radius 1 is 1.30 bits per heavy atom. The molecule has 1 fully saturated rings. The second kappa shape index (κ2) is 7.27. The predicted molar refractivity (Wildman–Crippen MR) is 81.8 cm³/mol. The molecule has 5 heteroatoms. The van der Waals surface area contributed by atoms with E-state index >= 15 is 0 Å². The highest BCUT2D eigenvalue weighted by atomic mass is 35.5. The maximum Gasteiger partial charge on any atom is 0.122 e. The van der Waals surface area contributed by atoms with Crippen LogP contribution in [-0.2, 0) is 17.6 Å². The first-order valence-electron chi connectivity index (χ1n) is 7.14. The molecule has 0 saturated carbocycles. The van der Waals surface area contributed by atoms with Crippen molar-refractivity contribution >= 4 is 12.4 Å². The molecule has 2 heterocycles. The maximum atomic E-state index is 5.67. The molecule has 1 aromatic rings. The van der Waals surface area contributed by atoms with Crippen molar-refractivity contribution in [3.63, 3.8) is 0 Å². The van der Waals surface area contributed by atoms with Crippen LogP contribution in [0.5, 0.6) is 5.75 Å². The highest BCUT2D eigenvalue weighted by Crippen LogP contribution is 2.26. The second-order valence-corrected chi connectivity index (χ2v) is 5.32. The maximum absolute atomic E-state index is 5.67. The van der Waals surface area contributed by atoms with Crippen LogP contribution in [0.15, 0.2) is 18.2 Å². The molecule has 1 unspecified atom stereocenters. The normalized spacial score (nSPS) is 21.9. The van der Waals surface area contributed by atoms with E-state index in [1.807, 2.05) is 0 Å². The fourth-order valence-corrected chi connectivity index (χ4v) is 2.81. The fraction of sp³-hybridized carbons (Fsp3) is 0.600. The quantitative estimate of drug-likeness (QED) is 0.909. The predicted octanol–water partition coefficient (Wildman–Crippen LogP) is 1.25. The van der Waals surface area contributed by atoms with Crippen LogP contribution in [0.4, 0.5) is 0 Å². The highest BCUT2D eigenvalue weighted by molar-refractivity contribution is 5.85. The van der Waals surface area contributed by atoms with Gasteiger partial charge in [0.05, 0.1) is 19.3 Å². The summed E-state index contributed by atoms with van der Waals surface area (Å²) in [6.45, 7) is 5.32. The van der Waals surface area contributed by atoms with Crippen LogP contribution in [0.1, 0.15) is 11.1 Å². The Morgan fingerprint density at radius 3 is 3.05 bits per heavy atom. The monoisotopic (exact) mass is 298 g/mol. The SMILES string of the molecule is Cl.NCC1CN(CCc2ccc3c(c2)CCO3)CCO1. The molecule has 112 valence electrons. The van der Waals surface area contributed by atoms with Gasteiger partial charge in [0.15, 0.2) is 0 Å². The summed E-state index contributed by atoms with van der Waals surface area (Å²) < 4.78 is 11.1. The van der Waals surface area contributed by atoms with Crippen molar-refractivity contribution in [1.29, 1.82) is 0 Å². The minimum Gasteiger partial charge on any atom is -0.493 e. The molecule has 0 radical (unpaired) electrons. The smallest absolute Gasteiger partial charge is 0.122 e. The minimum atomic E-state index is 0. The number of hydrogen-bond acceptors (Lipinski definition) is 4. The third kappa shape index (κ3) is 3.64. The van der Waals surface area contributed by atoms with Crippen molar-refractivity contribution < 1.29 is 9.47 Å². The Kier molecular flexibility index (Phi) is 5.66. The molecule has 2 aliphatic heterocycles. The van der Waals surface area contributed by atoms with Gasteiger partial charge in [-0.2, -0.15) is 0 Å². The lowest BCUT2D eigenvalue weighted by Gasteiger charge is -2.32. The number of rotatable bonds is 4. The van der Waals surface area contributed by atoms with Crippen LogP contribution in [0.2, 0.25) is 0 Å². The van der Waals surface area contributed by atoms with Gasteiger partial charge in [0.2, 0.25) is 0 Å². The molecule has 2 aliphatic rings. The molecule has 0 aromatic heterocycles. The van der Waals surface area contributed by atoms with Crippen molar-refractivity contribution in [1.82, 2.24) is 4.90 Å². The van der Waals surface area contributed by atoms with Gasteiger partial charge in [-0.3, -0.25) is 4.90 Å². The summed E-state index contributed by atoms with van der Waals surface area (Å²) in [4.78, 5) is 2.45. The van der Waals surface area contributed by atoms with Crippen LogP contribution in [0, 0.1) is 0 Å². The molecular formula is C15H23ClN2O2. The van der Waals surface area contributed by atoms with Crippen molar-refractivity contribution in [3.05, 3.63) is 29.3 Å². The lowest BCUT2D eigenvalue weighted by atomic mass is 10.1. The summed E-state index contributed by atoms with van der Waals surface area (Å²) in [5.41, 5.74) is 8.43. The number of fused-ring (bicyclic) bond motifs is 1. The van der Waals surface area contributed by atoms with Crippen molar-refractivity contribution in [3.8, 4) is 5.75 Å². The van der Waals surface area contributed by atoms with Gasteiger partial charge in [0.25, 0.3) is 0 Å². The first kappa shape index (κ1) is 15.6. The topological polar surface area (TPSA) is 47.7 Å². The summed E-state index contributed by atoms with van der Waals surface area (Å²) in [7, 11) is 0. The van der Waals surface area contributed by atoms with Gasteiger partial charge >= 0.3 is 0 Å². The van der Waals surface area contributed by atoms with Gasteiger partial charge in [-0.1, -0.05) is 12.1 Å². The lowest BCUT2D eigenvalue weighted by Crippen LogP contribution is -2.46. The van der Waals surface area contributed by atoms with Crippen LogP contribution < -0.4 is 10.5 Å². The third-order valence-corrected chi connectivity index (χ3v) is 3.96. The molecule has 1 saturated heterocycles. The summed E-state index contributed by atoms with van der Waals surface area (Å²) in [6, 6.07) is 6.59. The number of benzene rings is 1. The average molecular weight is 299 g/mol. The van der Waals surface area contributed by atoms with E-state index < -0.39 is 0 Å². The Morgan fingerprint density at radius 2 is 2.20 bits per heavy atom. The van der Waals surface area contributed by atoms with E-state index in [1.54, 1.807) is 0 Å². The minimum absolute atomic E-state index is 0. The largest absolute Gasteiger partial charge is 0.493 e. The van der Waals surface area contributed by atoms with Gasteiger partial charge in [-0.25, -0.2) is 0 Å². The van der Waals surface area contributed by atoms with Crippen LogP contribution in [0.3, 0.4) is 0 Å². The Bertz CT molecular complexity index is 442. The number of halogens is 1. The molecule has 3 rings (SSSR count). The molecule has 0 amide bonds. The standard InChI is InChI=1S/C15H22N2O2.ClH/c16-10-14-11-17(6-8-18-14)5-3-12-1-2-15-13(9-12)4-7-19-15;/h1-2,9,14H,3-8,10-11,16H2;1H. The first-order chi connectivity index (χ1) is 9.35. The summed E-state index contributed by atoms with van der Waals surface area (Å²) >= 11 is 0.